The zero-order valence-corrected chi connectivity index (χ0v) is 15.9. The van der Waals surface area contributed by atoms with Gasteiger partial charge >= 0.3 is 0 Å². The summed E-state index contributed by atoms with van der Waals surface area (Å²) in [5.41, 5.74) is 1.22. The van der Waals surface area contributed by atoms with E-state index in [1.54, 1.807) is 0 Å². The highest BCUT2D eigenvalue weighted by atomic mass is 16.5. The number of nitrogens with zero attached hydrogens (tertiary/aromatic N) is 2. The van der Waals surface area contributed by atoms with Crippen LogP contribution in [0, 0.1) is 6.92 Å². The molecule has 0 amide bonds. The summed E-state index contributed by atoms with van der Waals surface area (Å²) < 4.78 is 11.5. The lowest BCUT2D eigenvalue weighted by atomic mass is 10.1. The van der Waals surface area contributed by atoms with Crippen molar-refractivity contribution >= 4 is 0 Å². The number of hydrogen-bond acceptors (Lipinski definition) is 5. The largest absolute Gasteiger partial charge is 0.494 e. The molecule has 0 unspecified atom stereocenters. The van der Waals surface area contributed by atoms with E-state index < -0.39 is 0 Å². The zero-order chi connectivity index (χ0) is 18.4. The van der Waals surface area contributed by atoms with E-state index in [-0.39, 0.29) is 6.61 Å². The van der Waals surface area contributed by atoms with Crippen molar-refractivity contribution in [3.63, 3.8) is 0 Å². The number of furan rings is 1. The van der Waals surface area contributed by atoms with Crippen LogP contribution in [0.2, 0.25) is 0 Å². The lowest BCUT2D eigenvalue weighted by Gasteiger charge is -2.41. The van der Waals surface area contributed by atoms with Crippen LogP contribution in [0.3, 0.4) is 0 Å². The summed E-state index contributed by atoms with van der Waals surface area (Å²) in [6.45, 7) is 9.48. The molecule has 26 heavy (non-hydrogen) atoms. The number of para-hydroxylation sites is 1. The van der Waals surface area contributed by atoms with Crippen LogP contribution in [0.1, 0.15) is 30.4 Å². The Bertz CT molecular complexity index is 685. The first-order chi connectivity index (χ1) is 12.7. The van der Waals surface area contributed by atoms with Crippen molar-refractivity contribution < 1.29 is 14.3 Å². The van der Waals surface area contributed by atoms with E-state index in [0.29, 0.717) is 12.6 Å². The Morgan fingerprint density at radius 2 is 2.00 bits per heavy atom. The van der Waals surface area contributed by atoms with E-state index in [4.69, 9.17) is 9.15 Å². The fourth-order valence-electron chi connectivity index (χ4n) is 3.67. The second-order valence-electron chi connectivity index (χ2n) is 6.92. The van der Waals surface area contributed by atoms with Crippen LogP contribution in [0.5, 0.6) is 5.75 Å². The summed E-state index contributed by atoms with van der Waals surface area (Å²) >= 11 is 0. The van der Waals surface area contributed by atoms with Crippen LogP contribution in [0.15, 0.2) is 40.8 Å². The molecule has 0 aliphatic carbocycles. The van der Waals surface area contributed by atoms with Gasteiger partial charge in [0.05, 0.1) is 13.2 Å². The summed E-state index contributed by atoms with van der Waals surface area (Å²) in [5, 5.41) is 9.53. The molecule has 3 rings (SSSR count). The van der Waals surface area contributed by atoms with Crippen molar-refractivity contribution in [3.05, 3.63) is 53.5 Å². The smallest absolute Gasteiger partial charge is 0.123 e. The second-order valence-corrected chi connectivity index (χ2v) is 6.92. The standard InChI is InChI=1S/C21H30N2O3/c1-3-25-21-7-5-4-6-18(21)14-23-12-11-22(15-19(23)10-13-24)16-20-9-8-17(2)26-20/h4-9,19,24H,3,10-16H2,1-2H3/t19-/m1/s1. The molecule has 5 nitrogen and oxygen atoms in total. The van der Waals surface area contributed by atoms with Gasteiger partial charge in [-0.2, -0.15) is 0 Å². The van der Waals surface area contributed by atoms with E-state index in [1.807, 2.05) is 32.0 Å². The highest BCUT2D eigenvalue weighted by Gasteiger charge is 2.27. The highest BCUT2D eigenvalue weighted by molar-refractivity contribution is 5.33. The normalized spacial score (nSPS) is 19.0. The molecule has 1 fully saturated rings. The number of ether oxygens (including phenoxy) is 1. The number of rotatable bonds is 8. The Morgan fingerprint density at radius 3 is 2.73 bits per heavy atom. The van der Waals surface area contributed by atoms with Gasteiger partial charge in [-0.05, 0) is 38.5 Å². The molecular weight excluding hydrogens is 328 g/mol. The molecule has 0 spiro atoms. The molecule has 1 N–H and O–H groups in total. The number of aliphatic hydroxyl groups is 1. The van der Waals surface area contributed by atoms with Gasteiger partial charge in [-0.15, -0.1) is 0 Å². The van der Waals surface area contributed by atoms with Crippen molar-refractivity contribution in [3.8, 4) is 5.75 Å². The Hall–Kier alpha value is -1.82. The fraction of sp³-hybridized carbons (Fsp3) is 0.524. The maximum absolute atomic E-state index is 9.53. The van der Waals surface area contributed by atoms with Gasteiger partial charge in [0.1, 0.15) is 17.3 Å². The topological polar surface area (TPSA) is 49.1 Å². The maximum Gasteiger partial charge on any atom is 0.123 e. The quantitative estimate of drug-likeness (QED) is 0.786. The van der Waals surface area contributed by atoms with Gasteiger partial charge in [0.15, 0.2) is 0 Å². The number of hydrogen-bond donors (Lipinski definition) is 1. The average molecular weight is 358 g/mol. The second kappa shape index (κ2) is 9.21. The molecule has 0 radical (unpaired) electrons. The maximum atomic E-state index is 9.53. The van der Waals surface area contributed by atoms with Crippen molar-refractivity contribution in [1.82, 2.24) is 9.80 Å². The monoisotopic (exact) mass is 358 g/mol. The third kappa shape index (κ3) is 4.87. The van der Waals surface area contributed by atoms with Gasteiger partial charge in [-0.1, -0.05) is 18.2 Å². The molecule has 1 atom stereocenters. The number of aliphatic hydroxyl groups excluding tert-OH is 1. The van der Waals surface area contributed by atoms with E-state index in [9.17, 15) is 5.11 Å². The van der Waals surface area contributed by atoms with Crippen LogP contribution in [0.25, 0.3) is 0 Å². The Morgan fingerprint density at radius 1 is 1.15 bits per heavy atom. The molecule has 1 aromatic heterocycles. The van der Waals surface area contributed by atoms with E-state index >= 15 is 0 Å². The average Bonchev–Trinajstić information content (AvgIpc) is 3.04. The molecule has 2 aromatic rings. The van der Waals surface area contributed by atoms with Crippen LogP contribution in [-0.4, -0.2) is 53.8 Å². The van der Waals surface area contributed by atoms with Gasteiger partial charge in [0, 0.05) is 44.4 Å². The fourth-order valence-corrected chi connectivity index (χ4v) is 3.67. The first-order valence-electron chi connectivity index (χ1n) is 9.53. The summed E-state index contributed by atoms with van der Waals surface area (Å²) in [4.78, 5) is 4.89. The van der Waals surface area contributed by atoms with Gasteiger partial charge in [0.25, 0.3) is 0 Å². The lowest BCUT2D eigenvalue weighted by Crippen LogP contribution is -2.52. The Labute approximate surface area is 156 Å². The molecule has 1 aliphatic rings. The molecule has 1 saturated heterocycles. The van der Waals surface area contributed by atoms with Crippen LogP contribution in [-0.2, 0) is 13.1 Å². The molecule has 1 aromatic carbocycles. The van der Waals surface area contributed by atoms with E-state index in [2.05, 4.69) is 28.0 Å². The third-order valence-electron chi connectivity index (χ3n) is 4.97. The van der Waals surface area contributed by atoms with Gasteiger partial charge in [-0.25, -0.2) is 0 Å². The minimum atomic E-state index is 0.210. The predicted octanol–water partition coefficient (Wildman–Crippen LogP) is 3.06. The SMILES string of the molecule is CCOc1ccccc1CN1CCN(Cc2ccc(C)o2)C[C@H]1CCO. The van der Waals surface area contributed by atoms with Crippen LogP contribution < -0.4 is 4.74 Å². The summed E-state index contributed by atoms with van der Waals surface area (Å²) in [7, 11) is 0. The third-order valence-corrected chi connectivity index (χ3v) is 4.97. The summed E-state index contributed by atoms with van der Waals surface area (Å²) in [5.74, 6) is 2.93. The van der Waals surface area contributed by atoms with Gasteiger partial charge < -0.3 is 14.3 Å². The van der Waals surface area contributed by atoms with Gasteiger partial charge in [-0.3, -0.25) is 9.80 Å². The van der Waals surface area contributed by atoms with Crippen molar-refractivity contribution in [2.45, 2.75) is 39.4 Å². The molecule has 5 heteroatoms. The first kappa shape index (κ1) is 19.0. The lowest BCUT2D eigenvalue weighted by molar-refractivity contribution is 0.0462. The number of benzene rings is 1. The van der Waals surface area contributed by atoms with E-state index in [0.717, 1.165) is 56.4 Å². The first-order valence-corrected chi connectivity index (χ1v) is 9.53. The van der Waals surface area contributed by atoms with Crippen LogP contribution in [0.4, 0.5) is 0 Å². The minimum absolute atomic E-state index is 0.210. The molecule has 0 bridgehead atoms. The molecular formula is C21H30N2O3. The Kier molecular flexibility index (Phi) is 6.72. The minimum Gasteiger partial charge on any atom is -0.494 e. The van der Waals surface area contributed by atoms with Gasteiger partial charge in [0.2, 0.25) is 0 Å². The molecule has 0 saturated carbocycles. The van der Waals surface area contributed by atoms with Crippen LogP contribution >= 0.6 is 0 Å². The number of piperazine rings is 1. The number of aryl methyl sites for hydroxylation is 1. The molecule has 142 valence electrons. The van der Waals surface area contributed by atoms with Crippen molar-refractivity contribution in [1.29, 1.82) is 0 Å². The van der Waals surface area contributed by atoms with Crippen molar-refractivity contribution in [2.75, 3.05) is 32.8 Å². The molecule has 2 heterocycles. The molecule has 1 aliphatic heterocycles. The van der Waals surface area contributed by atoms with E-state index in [1.165, 1.54) is 5.56 Å². The predicted molar refractivity (Wildman–Crippen MR) is 102 cm³/mol. The zero-order valence-electron chi connectivity index (χ0n) is 15.9. The van der Waals surface area contributed by atoms with Crippen molar-refractivity contribution in [2.24, 2.45) is 0 Å². The Balaban J connectivity index is 1.65. The summed E-state index contributed by atoms with van der Waals surface area (Å²) in [6.07, 6.45) is 0.782. The highest BCUT2D eigenvalue weighted by Crippen LogP contribution is 2.24. The summed E-state index contributed by atoms with van der Waals surface area (Å²) in [6, 6.07) is 12.7.